The Hall–Kier alpha value is -0.120. The summed E-state index contributed by atoms with van der Waals surface area (Å²) in [4.78, 5) is 0. The van der Waals surface area contributed by atoms with Crippen molar-refractivity contribution < 1.29 is 14.9 Å². The molecule has 0 aromatic carbocycles. The second kappa shape index (κ2) is 3.15. The first-order valence-electron chi connectivity index (χ1n) is 3.24. The van der Waals surface area contributed by atoms with Gasteiger partial charge in [0, 0.05) is 13.2 Å². The Morgan fingerprint density at radius 3 is 1.89 bits per heavy atom. The minimum Gasteiger partial charge on any atom is -0.390 e. The van der Waals surface area contributed by atoms with Crippen molar-refractivity contribution in [3.63, 3.8) is 0 Å². The van der Waals surface area contributed by atoms with Crippen molar-refractivity contribution in [2.45, 2.75) is 25.0 Å². The third-order valence-corrected chi connectivity index (χ3v) is 1.56. The van der Waals surface area contributed by atoms with Crippen LogP contribution in [0.4, 0.5) is 0 Å². The molecule has 1 heterocycles. The van der Waals surface area contributed by atoms with Gasteiger partial charge in [0.25, 0.3) is 0 Å². The highest BCUT2D eigenvalue weighted by Crippen LogP contribution is 2.07. The average Bonchev–Trinajstić information content (AvgIpc) is 1.99. The molecule has 1 aliphatic rings. The SMILES string of the molecule is OC1CCOCCC1O. The maximum absolute atomic E-state index is 9.03. The molecule has 0 aliphatic carbocycles. The second-order valence-corrected chi connectivity index (χ2v) is 2.32. The lowest BCUT2D eigenvalue weighted by Gasteiger charge is -2.11. The van der Waals surface area contributed by atoms with Crippen molar-refractivity contribution in [1.82, 2.24) is 0 Å². The first-order valence-corrected chi connectivity index (χ1v) is 3.24. The molecule has 9 heavy (non-hydrogen) atoms. The normalized spacial score (nSPS) is 38.0. The fourth-order valence-electron chi connectivity index (χ4n) is 0.895. The number of hydrogen-bond donors (Lipinski definition) is 2. The van der Waals surface area contributed by atoms with E-state index in [1.807, 2.05) is 0 Å². The molecule has 1 aliphatic heterocycles. The average molecular weight is 132 g/mol. The third-order valence-electron chi connectivity index (χ3n) is 1.56. The Balaban J connectivity index is 2.32. The summed E-state index contributed by atoms with van der Waals surface area (Å²) in [6.07, 6.45) is -0.0394. The van der Waals surface area contributed by atoms with Crippen LogP contribution in [0.3, 0.4) is 0 Å². The molecule has 2 atom stereocenters. The van der Waals surface area contributed by atoms with Crippen LogP contribution in [0.25, 0.3) is 0 Å². The molecular formula is C6H12O3. The van der Waals surface area contributed by atoms with E-state index in [4.69, 9.17) is 14.9 Å². The summed E-state index contributed by atoms with van der Waals surface area (Å²) < 4.78 is 5.02. The van der Waals surface area contributed by atoms with Gasteiger partial charge in [-0.25, -0.2) is 0 Å². The number of aliphatic hydroxyl groups excluding tert-OH is 2. The van der Waals surface area contributed by atoms with Crippen molar-refractivity contribution in [2.24, 2.45) is 0 Å². The van der Waals surface area contributed by atoms with Gasteiger partial charge in [-0.05, 0) is 12.8 Å². The van der Waals surface area contributed by atoms with Gasteiger partial charge in [0.05, 0.1) is 12.2 Å². The van der Waals surface area contributed by atoms with Gasteiger partial charge in [-0.15, -0.1) is 0 Å². The van der Waals surface area contributed by atoms with Crippen molar-refractivity contribution in [2.75, 3.05) is 13.2 Å². The lowest BCUT2D eigenvalue weighted by Crippen LogP contribution is -2.24. The predicted octanol–water partition coefficient (Wildman–Crippen LogP) is -0.481. The van der Waals surface area contributed by atoms with E-state index in [1.165, 1.54) is 0 Å². The van der Waals surface area contributed by atoms with E-state index >= 15 is 0 Å². The quantitative estimate of drug-likeness (QED) is 0.468. The molecule has 1 fully saturated rings. The predicted molar refractivity (Wildman–Crippen MR) is 32.1 cm³/mol. The standard InChI is InChI=1S/C6H12O3/c7-5-1-3-9-4-2-6(5)8/h5-8H,1-4H2. The first kappa shape index (κ1) is 6.99. The molecule has 54 valence electrons. The molecule has 2 unspecified atom stereocenters. The molecule has 0 amide bonds. The molecule has 3 nitrogen and oxygen atoms in total. The smallest absolute Gasteiger partial charge is 0.0821 e. The number of ether oxygens (including phenoxy) is 1. The molecule has 3 heteroatoms. The Morgan fingerprint density at radius 1 is 1.00 bits per heavy atom. The van der Waals surface area contributed by atoms with Gasteiger partial charge in [-0.3, -0.25) is 0 Å². The van der Waals surface area contributed by atoms with Crippen LogP contribution in [0, 0.1) is 0 Å². The van der Waals surface area contributed by atoms with Crippen LogP contribution in [0.15, 0.2) is 0 Å². The fraction of sp³-hybridized carbons (Fsp3) is 1.00. The van der Waals surface area contributed by atoms with Gasteiger partial charge in [0.15, 0.2) is 0 Å². The maximum atomic E-state index is 9.03. The molecule has 0 saturated carbocycles. The highest BCUT2D eigenvalue weighted by Gasteiger charge is 2.18. The van der Waals surface area contributed by atoms with Crippen LogP contribution >= 0.6 is 0 Å². The topological polar surface area (TPSA) is 49.7 Å². The molecule has 0 aromatic heterocycles. The molecule has 1 saturated heterocycles. The molecule has 0 aromatic rings. The van der Waals surface area contributed by atoms with E-state index in [2.05, 4.69) is 0 Å². The lowest BCUT2D eigenvalue weighted by molar-refractivity contribution is 0.0187. The summed E-state index contributed by atoms with van der Waals surface area (Å²) in [6, 6.07) is 0. The molecule has 1 rings (SSSR count). The van der Waals surface area contributed by atoms with Gasteiger partial charge in [-0.1, -0.05) is 0 Å². The lowest BCUT2D eigenvalue weighted by atomic mass is 10.1. The number of aliphatic hydroxyl groups is 2. The van der Waals surface area contributed by atoms with Gasteiger partial charge < -0.3 is 14.9 Å². The van der Waals surface area contributed by atoms with Gasteiger partial charge in [0.2, 0.25) is 0 Å². The van der Waals surface area contributed by atoms with Crippen molar-refractivity contribution in [1.29, 1.82) is 0 Å². The summed E-state index contributed by atoms with van der Waals surface area (Å²) in [5, 5.41) is 18.1. The summed E-state index contributed by atoms with van der Waals surface area (Å²) >= 11 is 0. The Kier molecular flexibility index (Phi) is 2.45. The summed E-state index contributed by atoms with van der Waals surface area (Å²) in [7, 11) is 0. The van der Waals surface area contributed by atoms with E-state index in [0.717, 1.165) is 0 Å². The highest BCUT2D eigenvalue weighted by molar-refractivity contribution is 4.68. The minimum absolute atomic E-state index is 0.557. The Labute approximate surface area is 54.3 Å². The van der Waals surface area contributed by atoms with E-state index in [-0.39, 0.29) is 0 Å². The third kappa shape index (κ3) is 1.93. The first-order chi connectivity index (χ1) is 4.30. The van der Waals surface area contributed by atoms with E-state index in [0.29, 0.717) is 26.1 Å². The second-order valence-electron chi connectivity index (χ2n) is 2.32. The zero-order valence-electron chi connectivity index (χ0n) is 5.29. The number of hydrogen-bond acceptors (Lipinski definition) is 3. The summed E-state index contributed by atoms with van der Waals surface area (Å²) in [5.41, 5.74) is 0. The Bertz CT molecular complexity index is 74.4. The van der Waals surface area contributed by atoms with Gasteiger partial charge in [-0.2, -0.15) is 0 Å². The molecule has 0 radical (unpaired) electrons. The van der Waals surface area contributed by atoms with Crippen LogP contribution in [-0.2, 0) is 4.74 Å². The molecular weight excluding hydrogens is 120 g/mol. The largest absolute Gasteiger partial charge is 0.390 e. The molecule has 0 spiro atoms. The van der Waals surface area contributed by atoms with Crippen LogP contribution in [-0.4, -0.2) is 35.6 Å². The molecule has 0 bridgehead atoms. The zero-order chi connectivity index (χ0) is 6.69. The van der Waals surface area contributed by atoms with Crippen molar-refractivity contribution in [3.8, 4) is 0 Å². The fourth-order valence-corrected chi connectivity index (χ4v) is 0.895. The van der Waals surface area contributed by atoms with Crippen LogP contribution in [0.2, 0.25) is 0 Å². The van der Waals surface area contributed by atoms with Gasteiger partial charge in [0.1, 0.15) is 0 Å². The summed E-state index contributed by atoms with van der Waals surface area (Å²) in [6.45, 7) is 1.14. The van der Waals surface area contributed by atoms with E-state index < -0.39 is 12.2 Å². The molecule has 2 N–H and O–H groups in total. The Morgan fingerprint density at radius 2 is 1.44 bits per heavy atom. The summed E-state index contributed by atoms with van der Waals surface area (Å²) in [5.74, 6) is 0. The van der Waals surface area contributed by atoms with Gasteiger partial charge >= 0.3 is 0 Å². The highest BCUT2D eigenvalue weighted by atomic mass is 16.5. The van der Waals surface area contributed by atoms with E-state index in [9.17, 15) is 0 Å². The van der Waals surface area contributed by atoms with Crippen molar-refractivity contribution in [3.05, 3.63) is 0 Å². The zero-order valence-corrected chi connectivity index (χ0v) is 5.29. The maximum Gasteiger partial charge on any atom is 0.0821 e. The van der Waals surface area contributed by atoms with E-state index in [1.54, 1.807) is 0 Å². The number of rotatable bonds is 0. The van der Waals surface area contributed by atoms with Crippen LogP contribution in [0.5, 0.6) is 0 Å². The van der Waals surface area contributed by atoms with Crippen molar-refractivity contribution >= 4 is 0 Å². The minimum atomic E-state index is -0.576. The van der Waals surface area contributed by atoms with Crippen LogP contribution in [0.1, 0.15) is 12.8 Å². The monoisotopic (exact) mass is 132 g/mol. The van der Waals surface area contributed by atoms with Crippen LogP contribution < -0.4 is 0 Å².